The molecule has 5 nitrogen and oxygen atoms in total. The number of rotatable bonds is 6. The third kappa shape index (κ3) is 2.97. The maximum Gasteiger partial charge on any atom is 0.119 e. The molecule has 138 valence electrons. The molecule has 4 rings (SSSR count). The van der Waals surface area contributed by atoms with Gasteiger partial charge in [0, 0.05) is 13.5 Å². The van der Waals surface area contributed by atoms with E-state index in [1.807, 2.05) is 30.3 Å². The third-order valence-electron chi connectivity index (χ3n) is 6.26. The summed E-state index contributed by atoms with van der Waals surface area (Å²) in [5.74, 6) is 1.10. The summed E-state index contributed by atoms with van der Waals surface area (Å²) in [6.07, 6.45) is 1.06. The lowest BCUT2D eigenvalue weighted by molar-refractivity contribution is -0.137. The first-order chi connectivity index (χ1) is 12.0. The number of benzene rings is 1. The number of hydrogen-bond acceptors (Lipinski definition) is 5. The van der Waals surface area contributed by atoms with Gasteiger partial charge in [-0.25, -0.2) is 0 Å². The number of aliphatic hydroxyl groups excluding tert-OH is 1. The van der Waals surface area contributed by atoms with Gasteiger partial charge in [-0.05, 0) is 31.4 Å². The Morgan fingerprint density at radius 1 is 1.28 bits per heavy atom. The zero-order valence-corrected chi connectivity index (χ0v) is 15.2. The quantitative estimate of drug-likeness (QED) is 0.800. The largest absolute Gasteiger partial charge is 0.493 e. The molecule has 0 bridgehead atoms. The first-order valence-corrected chi connectivity index (χ1v) is 9.21. The van der Waals surface area contributed by atoms with E-state index in [0.717, 1.165) is 25.2 Å². The highest BCUT2D eigenvalue weighted by atomic mass is 16.6. The van der Waals surface area contributed by atoms with Crippen molar-refractivity contribution < 1.29 is 24.1 Å². The molecule has 1 saturated carbocycles. The maximum absolute atomic E-state index is 10.6. The summed E-state index contributed by atoms with van der Waals surface area (Å²) in [4.78, 5) is 0. The number of ether oxygens (including phenoxy) is 4. The van der Waals surface area contributed by atoms with Crippen LogP contribution < -0.4 is 4.74 Å². The van der Waals surface area contributed by atoms with Crippen LogP contribution in [0.15, 0.2) is 30.3 Å². The van der Waals surface area contributed by atoms with E-state index >= 15 is 0 Å². The van der Waals surface area contributed by atoms with Gasteiger partial charge in [0.05, 0.1) is 37.4 Å². The Labute approximate surface area is 149 Å². The Balaban J connectivity index is 1.40. The summed E-state index contributed by atoms with van der Waals surface area (Å²) in [5, 5.41) is 10.6. The van der Waals surface area contributed by atoms with Crippen LogP contribution in [-0.4, -0.2) is 54.9 Å². The van der Waals surface area contributed by atoms with Crippen LogP contribution in [0.2, 0.25) is 0 Å². The lowest BCUT2D eigenvalue weighted by Crippen LogP contribution is -2.57. The van der Waals surface area contributed by atoms with E-state index in [-0.39, 0.29) is 35.2 Å². The molecule has 2 heterocycles. The highest BCUT2D eigenvalue weighted by Gasteiger charge is 2.72. The minimum atomic E-state index is -0.480. The van der Waals surface area contributed by atoms with Crippen molar-refractivity contribution in [2.45, 2.75) is 56.2 Å². The van der Waals surface area contributed by atoms with E-state index in [4.69, 9.17) is 18.9 Å². The molecule has 7 unspecified atom stereocenters. The van der Waals surface area contributed by atoms with E-state index in [9.17, 15) is 5.11 Å². The van der Waals surface area contributed by atoms with E-state index in [1.165, 1.54) is 0 Å². The first-order valence-electron chi connectivity index (χ1n) is 9.21. The Morgan fingerprint density at radius 2 is 2.00 bits per heavy atom. The lowest BCUT2D eigenvalue weighted by Gasteiger charge is -2.44. The van der Waals surface area contributed by atoms with Crippen LogP contribution in [0, 0.1) is 11.8 Å². The van der Waals surface area contributed by atoms with Gasteiger partial charge in [0.15, 0.2) is 0 Å². The second kappa shape index (κ2) is 6.23. The SMILES string of the molecule is COC1C(O)C(C)CC2(CO2)C1C1(C)OC1CCOc1ccccc1. The minimum absolute atomic E-state index is 0.0536. The third-order valence-corrected chi connectivity index (χ3v) is 6.26. The van der Waals surface area contributed by atoms with Gasteiger partial charge in [0.2, 0.25) is 0 Å². The van der Waals surface area contributed by atoms with E-state index in [0.29, 0.717) is 6.61 Å². The predicted molar refractivity (Wildman–Crippen MR) is 92.6 cm³/mol. The Morgan fingerprint density at radius 3 is 2.64 bits per heavy atom. The molecule has 0 radical (unpaired) electrons. The molecule has 1 aromatic rings. The van der Waals surface area contributed by atoms with Gasteiger partial charge >= 0.3 is 0 Å². The van der Waals surface area contributed by atoms with Crippen LogP contribution in [0.4, 0.5) is 0 Å². The highest BCUT2D eigenvalue weighted by molar-refractivity contribution is 5.22. The van der Waals surface area contributed by atoms with E-state index in [1.54, 1.807) is 7.11 Å². The molecule has 0 aromatic heterocycles. The highest BCUT2D eigenvalue weighted by Crippen LogP contribution is 2.60. The molecule has 1 aliphatic carbocycles. The fourth-order valence-corrected chi connectivity index (χ4v) is 4.82. The van der Waals surface area contributed by atoms with Crippen LogP contribution in [0.1, 0.15) is 26.7 Å². The molecule has 1 spiro atoms. The average molecular weight is 348 g/mol. The second-order valence-electron chi connectivity index (χ2n) is 7.94. The molecule has 5 heteroatoms. The summed E-state index contributed by atoms with van der Waals surface area (Å²) in [7, 11) is 1.67. The lowest BCUT2D eigenvalue weighted by atomic mass is 9.65. The number of epoxide rings is 2. The Kier molecular flexibility index (Phi) is 4.31. The van der Waals surface area contributed by atoms with Crippen LogP contribution in [0.25, 0.3) is 0 Å². The fourth-order valence-electron chi connectivity index (χ4n) is 4.82. The smallest absolute Gasteiger partial charge is 0.119 e. The Bertz CT molecular complexity index is 601. The maximum atomic E-state index is 10.6. The number of hydrogen-bond donors (Lipinski definition) is 1. The van der Waals surface area contributed by atoms with Gasteiger partial charge in [-0.3, -0.25) is 0 Å². The Hall–Kier alpha value is -1.14. The zero-order valence-electron chi connectivity index (χ0n) is 15.2. The fraction of sp³-hybridized carbons (Fsp3) is 0.700. The topological polar surface area (TPSA) is 63.8 Å². The normalized spacial score (nSPS) is 45.4. The summed E-state index contributed by atoms with van der Waals surface area (Å²) in [6.45, 7) is 5.54. The average Bonchev–Trinajstić information content (AvgIpc) is 3.51. The van der Waals surface area contributed by atoms with Crippen molar-refractivity contribution in [3.8, 4) is 5.75 Å². The summed E-state index contributed by atoms with van der Waals surface area (Å²) < 4.78 is 23.5. The van der Waals surface area contributed by atoms with Crippen molar-refractivity contribution in [3.05, 3.63) is 30.3 Å². The number of para-hydroxylation sites is 1. The summed E-state index contributed by atoms with van der Waals surface area (Å²) in [6, 6.07) is 9.83. The molecule has 3 aliphatic rings. The molecule has 3 fully saturated rings. The van der Waals surface area contributed by atoms with Gasteiger partial charge in [-0.15, -0.1) is 0 Å². The van der Waals surface area contributed by atoms with Crippen LogP contribution in [0.5, 0.6) is 5.75 Å². The van der Waals surface area contributed by atoms with Crippen molar-refractivity contribution in [2.75, 3.05) is 20.3 Å². The zero-order chi connectivity index (χ0) is 17.7. The second-order valence-corrected chi connectivity index (χ2v) is 7.94. The van der Waals surface area contributed by atoms with Gasteiger partial charge in [0.1, 0.15) is 17.0 Å². The molecule has 7 atom stereocenters. The van der Waals surface area contributed by atoms with Crippen LogP contribution in [0.3, 0.4) is 0 Å². The van der Waals surface area contributed by atoms with Gasteiger partial charge in [-0.1, -0.05) is 25.1 Å². The van der Waals surface area contributed by atoms with E-state index < -0.39 is 6.10 Å². The van der Waals surface area contributed by atoms with Crippen molar-refractivity contribution in [1.29, 1.82) is 0 Å². The van der Waals surface area contributed by atoms with Crippen molar-refractivity contribution >= 4 is 0 Å². The number of methoxy groups -OCH3 is 1. The van der Waals surface area contributed by atoms with Crippen molar-refractivity contribution in [3.63, 3.8) is 0 Å². The van der Waals surface area contributed by atoms with Gasteiger partial charge in [0.25, 0.3) is 0 Å². The summed E-state index contributed by atoms with van der Waals surface area (Å²) in [5.41, 5.74) is -0.512. The molecule has 1 aromatic carbocycles. The standard InChI is InChI=1S/C20H28O5/c1-13-11-20(12-24-20)18(17(22-3)16(13)21)19(2)15(25-19)9-10-23-14-7-5-4-6-8-14/h4-8,13,15-18,21H,9-12H2,1-3H3. The molecule has 0 amide bonds. The predicted octanol–water partition coefficient (Wildman–Crippen LogP) is 2.41. The van der Waals surface area contributed by atoms with Crippen molar-refractivity contribution in [1.82, 2.24) is 0 Å². The molecule has 25 heavy (non-hydrogen) atoms. The molecular weight excluding hydrogens is 320 g/mol. The molecular formula is C20H28O5. The molecule has 2 saturated heterocycles. The van der Waals surface area contributed by atoms with Crippen LogP contribution >= 0.6 is 0 Å². The first kappa shape index (κ1) is 17.3. The van der Waals surface area contributed by atoms with E-state index in [2.05, 4.69) is 13.8 Å². The van der Waals surface area contributed by atoms with Gasteiger partial charge in [-0.2, -0.15) is 0 Å². The van der Waals surface area contributed by atoms with Crippen LogP contribution in [-0.2, 0) is 14.2 Å². The minimum Gasteiger partial charge on any atom is -0.493 e. The number of aliphatic hydroxyl groups is 1. The van der Waals surface area contributed by atoms with Gasteiger partial charge < -0.3 is 24.1 Å². The monoisotopic (exact) mass is 348 g/mol. The molecule has 1 N–H and O–H groups in total. The van der Waals surface area contributed by atoms with Crippen molar-refractivity contribution in [2.24, 2.45) is 11.8 Å². The molecule has 2 aliphatic heterocycles. The summed E-state index contributed by atoms with van der Waals surface area (Å²) >= 11 is 0.